The predicted molar refractivity (Wildman–Crippen MR) is 80.6 cm³/mol. The van der Waals surface area contributed by atoms with Gasteiger partial charge in [0, 0.05) is 5.92 Å². The third kappa shape index (κ3) is 4.23. The Balaban J connectivity index is 1.97. The summed E-state index contributed by atoms with van der Waals surface area (Å²) < 4.78 is 5.41. The largest absolute Gasteiger partial charge is 0.494 e. The average Bonchev–Trinajstić information content (AvgIpc) is 2.50. The smallest absolute Gasteiger partial charge is 0.202 e. The second-order valence-corrected chi connectivity index (χ2v) is 4.79. The summed E-state index contributed by atoms with van der Waals surface area (Å²) in [5, 5.41) is 0. The highest BCUT2D eigenvalue weighted by atomic mass is 16.5. The molecule has 0 heterocycles. The van der Waals surface area contributed by atoms with E-state index in [9.17, 15) is 4.79 Å². The van der Waals surface area contributed by atoms with Gasteiger partial charge in [-0.15, -0.1) is 0 Å². The van der Waals surface area contributed by atoms with E-state index < -0.39 is 0 Å². The molecule has 103 valence electrons. The van der Waals surface area contributed by atoms with Gasteiger partial charge in [0.05, 0.1) is 6.61 Å². The molecular formula is C18H19O2. The number of carbonyl (C=O) groups excluding carboxylic acids is 1. The highest BCUT2D eigenvalue weighted by Gasteiger charge is 2.10. The van der Waals surface area contributed by atoms with Crippen molar-refractivity contribution in [2.24, 2.45) is 5.92 Å². The van der Waals surface area contributed by atoms with Crippen LogP contribution in [0.1, 0.15) is 18.1 Å². The molecule has 2 aromatic carbocycles. The van der Waals surface area contributed by atoms with Crippen molar-refractivity contribution >= 4 is 6.29 Å². The first-order valence-electron chi connectivity index (χ1n) is 6.95. The molecule has 0 bridgehead atoms. The molecule has 0 fully saturated rings. The van der Waals surface area contributed by atoms with Crippen LogP contribution >= 0.6 is 0 Å². The van der Waals surface area contributed by atoms with Gasteiger partial charge in [0.2, 0.25) is 6.29 Å². The van der Waals surface area contributed by atoms with Gasteiger partial charge in [0.25, 0.3) is 0 Å². The molecule has 1 atom stereocenters. The fourth-order valence-electron chi connectivity index (χ4n) is 2.23. The van der Waals surface area contributed by atoms with E-state index in [1.54, 1.807) is 0 Å². The number of rotatable bonds is 7. The lowest BCUT2D eigenvalue weighted by molar-refractivity contribution is 0.340. The minimum absolute atomic E-state index is 0.102. The number of hydrogen-bond acceptors (Lipinski definition) is 2. The molecule has 20 heavy (non-hydrogen) atoms. The van der Waals surface area contributed by atoms with E-state index in [0.29, 0.717) is 13.0 Å². The molecule has 0 amide bonds. The van der Waals surface area contributed by atoms with Crippen molar-refractivity contribution in [2.75, 3.05) is 6.61 Å². The monoisotopic (exact) mass is 267 g/mol. The summed E-state index contributed by atoms with van der Waals surface area (Å²) in [6.07, 6.45) is 3.60. The summed E-state index contributed by atoms with van der Waals surface area (Å²) in [5.41, 5.74) is 2.31. The second kappa shape index (κ2) is 7.49. The maximum atomic E-state index is 11.1. The molecule has 0 spiro atoms. The number of hydrogen-bond donors (Lipinski definition) is 0. The molecule has 2 nitrogen and oxygen atoms in total. The van der Waals surface area contributed by atoms with Gasteiger partial charge in [-0.25, -0.2) is 0 Å². The summed E-state index contributed by atoms with van der Waals surface area (Å²) >= 11 is 0. The lowest BCUT2D eigenvalue weighted by Gasteiger charge is -2.10. The highest BCUT2D eigenvalue weighted by molar-refractivity contribution is 5.56. The standard InChI is InChI=1S/C18H19O2/c1-2-20-18-10-8-16(9-11-18)13-17(14-19)12-15-6-4-3-5-7-15/h3-11,17H,2,12-13H2,1H3. The summed E-state index contributed by atoms with van der Waals surface area (Å²) in [6.45, 7) is 2.63. The Bertz CT molecular complexity index is 517. The van der Waals surface area contributed by atoms with E-state index >= 15 is 0 Å². The quantitative estimate of drug-likeness (QED) is 0.766. The molecule has 0 aromatic heterocycles. The highest BCUT2D eigenvalue weighted by Crippen LogP contribution is 2.17. The molecule has 0 N–H and O–H groups in total. The number of benzene rings is 2. The first-order valence-corrected chi connectivity index (χ1v) is 6.95. The molecule has 1 unspecified atom stereocenters. The molecule has 2 heteroatoms. The maximum Gasteiger partial charge on any atom is 0.202 e. The zero-order chi connectivity index (χ0) is 14.2. The molecule has 2 rings (SSSR count). The van der Waals surface area contributed by atoms with Gasteiger partial charge in [-0.3, -0.25) is 4.79 Å². The van der Waals surface area contributed by atoms with Crippen LogP contribution < -0.4 is 4.74 Å². The Kier molecular flexibility index (Phi) is 5.36. The van der Waals surface area contributed by atoms with Gasteiger partial charge in [-0.1, -0.05) is 42.5 Å². The molecule has 0 saturated heterocycles. The van der Waals surface area contributed by atoms with Crippen LogP contribution in [0, 0.1) is 5.92 Å². The molecule has 0 aliphatic heterocycles. The van der Waals surface area contributed by atoms with E-state index in [1.165, 1.54) is 5.56 Å². The van der Waals surface area contributed by atoms with Gasteiger partial charge < -0.3 is 4.74 Å². The SMILES string of the molecule is CCOc1ccc(CC([C]=O)Cc2ccccc2)cc1. The molecule has 0 aliphatic carbocycles. The van der Waals surface area contributed by atoms with Crippen LogP contribution in [-0.2, 0) is 17.6 Å². The van der Waals surface area contributed by atoms with Crippen LogP contribution in [0.5, 0.6) is 5.75 Å². The van der Waals surface area contributed by atoms with E-state index in [0.717, 1.165) is 17.7 Å². The fourth-order valence-corrected chi connectivity index (χ4v) is 2.23. The molecule has 0 saturated carbocycles. The minimum Gasteiger partial charge on any atom is -0.494 e. The van der Waals surface area contributed by atoms with Crippen molar-refractivity contribution in [3.8, 4) is 5.75 Å². The van der Waals surface area contributed by atoms with Gasteiger partial charge in [-0.2, -0.15) is 0 Å². The first kappa shape index (κ1) is 14.3. The van der Waals surface area contributed by atoms with Crippen LogP contribution in [-0.4, -0.2) is 12.9 Å². The topological polar surface area (TPSA) is 26.3 Å². The van der Waals surface area contributed by atoms with Gasteiger partial charge in [0.15, 0.2) is 0 Å². The third-order valence-electron chi connectivity index (χ3n) is 3.21. The lowest BCUT2D eigenvalue weighted by atomic mass is 9.94. The van der Waals surface area contributed by atoms with Gasteiger partial charge in [-0.05, 0) is 43.0 Å². The van der Waals surface area contributed by atoms with Crippen molar-refractivity contribution in [3.05, 3.63) is 65.7 Å². The predicted octanol–water partition coefficient (Wildman–Crippen LogP) is 3.60. The summed E-state index contributed by atoms with van der Waals surface area (Å²) in [6, 6.07) is 18.0. The average molecular weight is 267 g/mol. The third-order valence-corrected chi connectivity index (χ3v) is 3.21. The van der Waals surface area contributed by atoms with E-state index in [2.05, 4.69) is 6.29 Å². The normalized spacial score (nSPS) is 11.8. The Morgan fingerprint density at radius 3 is 2.10 bits per heavy atom. The van der Waals surface area contributed by atoms with Crippen molar-refractivity contribution in [2.45, 2.75) is 19.8 Å². The van der Waals surface area contributed by atoms with Crippen LogP contribution in [0.4, 0.5) is 0 Å². The fraction of sp³-hybridized carbons (Fsp3) is 0.278. The Morgan fingerprint density at radius 1 is 0.950 bits per heavy atom. The molecule has 1 radical (unpaired) electrons. The van der Waals surface area contributed by atoms with Crippen LogP contribution in [0.3, 0.4) is 0 Å². The lowest BCUT2D eigenvalue weighted by Crippen LogP contribution is -2.09. The second-order valence-electron chi connectivity index (χ2n) is 4.79. The zero-order valence-electron chi connectivity index (χ0n) is 11.7. The van der Waals surface area contributed by atoms with E-state index in [1.807, 2.05) is 61.5 Å². The van der Waals surface area contributed by atoms with Crippen LogP contribution in [0.2, 0.25) is 0 Å². The summed E-state index contributed by atoms with van der Waals surface area (Å²) in [7, 11) is 0. The summed E-state index contributed by atoms with van der Waals surface area (Å²) in [5.74, 6) is 0.765. The Labute approximate surface area is 120 Å². The Morgan fingerprint density at radius 2 is 1.55 bits per heavy atom. The Hall–Kier alpha value is -2.09. The molecule has 0 aliphatic rings. The molecular weight excluding hydrogens is 248 g/mol. The van der Waals surface area contributed by atoms with Crippen molar-refractivity contribution in [3.63, 3.8) is 0 Å². The molecule has 2 aromatic rings. The van der Waals surface area contributed by atoms with E-state index in [4.69, 9.17) is 4.74 Å². The number of ether oxygens (including phenoxy) is 1. The van der Waals surface area contributed by atoms with Crippen LogP contribution in [0.25, 0.3) is 0 Å². The van der Waals surface area contributed by atoms with E-state index in [-0.39, 0.29) is 5.92 Å². The first-order chi connectivity index (χ1) is 9.81. The maximum absolute atomic E-state index is 11.1. The minimum atomic E-state index is -0.102. The van der Waals surface area contributed by atoms with Crippen molar-refractivity contribution in [1.29, 1.82) is 0 Å². The van der Waals surface area contributed by atoms with Gasteiger partial charge in [0.1, 0.15) is 5.75 Å². The van der Waals surface area contributed by atoms with Crippen molar-refractivity contribution < 1.29 is 9.53 Å². The van der Waals surface area contributed by atoms with Gasteiger partial charge >= 0.3 is 0 Å². The summed E-state index contributed by atoms with van der Waals surface area (Å²) in [4.78, 5) is 11.1. The zero-order valence-corrected chi connectivity index (χ0v) is 11.7. The van der Waals surface area contributed by atoms with Crippen molar-refractivity contribution in [1.82, 2.24) is 0 Å². The van der Waals surface area contributed by atoms with Crippen LogP contribution in [0.15, 0.2) is 54.6 Å².